The molecule has 0 fully saturated rings. The molecule has 0 unspecified atom stereocenters. The minimum absolute atomic E-state index is 0.585. The van der Waals surface area contributed by atoms with Gasteiger partial charge < -0.3 is 0 Å². The summed E-state index contributed by atoms with van der Waals surface area (Å²) in [6.45, 7) is 4.35. The Morgan fingerprint density at radius 1 is 1.70 bits per heavy atom. The van der Waals surface area contributed by atoms with E-state index in [1.54, 1.807) is 0 Å². The fourth-order valence-corrected chi connectivity index (χ4v) is 2.09. The SMILES string of the molecule is CC(C)c1ncc(CI)s1. The van der Waals surface area contributed by atoms with Crippen LogP contribution < -0.4 is 0 Å². The van der Waals surface area contributed by atoms with Gasteiger partial charge in [0, 0.05) is 21.4 Å². The van der Waals surface area contributed by atoms with Gasteiger partial charge in [-0.25, -0.2) is 4.98 Å². The molecule has 0 saturated heterocycles. The van der Waals surface area contributed by atoms with Crippen molar-refractivity contribution in [3.63, 3.8) is 0 Å². The maximum Gasteiger partial charge on any atom is 0.0953 e. The van der Waals surface area contributed by atoms with Crippen molar-refractivity contribution in [2.24, 2.45) is 0 Å². The van der Waals surface area contributed by atoms with Gasteiger partial charge in [0.2, 0.25) is 0 Å². The Morgan fingerprint density at radius 3 is 2.70 bits per heavy atom. The first kappa shape index (κ1) is 8.46. The number of alkyl halides is 1. The molecule has 0 spiro atoms. The van der Waals surface area contributed by atoms with E-state index in [1.807, 2.05) is 17.5 Å². The third-order valence-corrected chi connectivity index (χ3v) is 3.83. The van der Waals surface area contributed by atoms with Gasteiger partial charge in [0.25, 0.3) is 0 Å². The molecule has 0 aliphatic rings. The summed E-state index contributed by atoms with van der Waals surface area (Å²) in [5.74, 6) is 0.585. The fraction of sp³-hybridized carbons (Fsp3) is 0.571. The van der Waals surface area contributed by atoms with Crippen molar-refractivity contribution < 1.29 is 0 Å². The van der Waals surface area contributed by atoms with Gasteiger partial charge in [-0.1, -0.05) is 36.4 Å². The minimum Gasteiger partial charge on any atom is -0.249 e. The van der Waals surface area contributed by atoms with Crippen molar-refractivity contribution >= 4 is 33.9 Å². The number of thiazole rings is 1. The van der Waals surface area contributed by atoms with E-state index in [4.69, 9.17) is 0 Å². The molecule has 0 aromatic carbocycles. The number of aromatic nitrogens is 1. The van der Waals surface area contributed by atoms with Crippen LogP contribution >= 0.6 is 33.9 Å². The predicted molar refractivity (Wildman–Crippen MR) is 53.9 cm³/mol. The van der Waals surface area contributed by atoms with Crippen LogP contribution in [0.25, 0.3) is 0 Å². The molecule has 56 valence electrons. The third kappa shape index (κ3) is 1.92. The Morgan fingerprint density at radius 2 is 2.40 bits per heavy atom. The fourth-order valence-electron chi connectivity index (χ4n) is 0.651. The molecule has 0 bridgehead atoms. The molecular formula is C7H10INS. The second-order valence-corrected chi connectivity index (χ2v) is 4.36. The standard InChI is InChI=1S/C7H10INS/c1-5(2)7-9-4-6(3-8)10-7/h4-5H,3H2,1-2H3. The minimum atomic E-state index is 0.585. The van der Waals surface area contributed by atoms with Gasteiger partial charge in [0.05, 0.1) is 5.01 Å². The van der Waals surface area contributed by atoms with Crippen molar-refractivity contribution in [3.05, 3.63) is 16.1 Å². The molecule has 0 aliphatic heterocycles. The van der Waals surface area contributed by atoms with E-state index in [2.05, 4.69) is 41.4 Å². The van der Waals surface area contributed by atoms with Crippen LogP contribution in [-0.2, 0) is 4.43 Å². The zero-order valence-corrected chi connectivity index (χ0v) is 9.07. The molecule has 1 heterocycles. The lowest BCUT2D eigenvalue weighted by molar-refractivity contribution is 0.852. The molecule has 0 amide bonds. The van der Waals surface area contributed by atoms with E-state index in [1.165, 1.54) is 9.88 Å². The molecule has 1 nitrogen and oxygen atoms in total. The second kappa shape index (κ2) is 3.67. The number of halogens is 1. The molecule has 1 aromatic rings. The summed E-state index contributed by atoms with van der Waals surface area (Å²) in [4.78, 5) is 5.68. The molecule has 0 radical (unpaired) electrons. The third-order valence-electron chi connectivity index (χ3n) is 1.20. The smallest absolute Gasteiger partial charge is 0.0953 e. The number of hydrogen-bond acceptors (Lipinski definition) is 2. The second-order valence-electron chi connectivity index (χ2n) is 2.45. The van der Waals surface area contributed by atoms with Crippen LogP contribution in [0.4, 0.5) is 0 Å². The van der Waals surface area contributed by atoms with Gasteiger partial charge in [-0.2, -0.15) is 0 Å². The van der Waals surface area contributed by atoms with Crippen LogP contribution in [0, 0.1) is 0 Å². The van der Waals surface area contributed by atoms with Gasteiger partial charge in [-0.15, -0.1) is 11.3 Å². The molecule has 1 rings (SSSR count). The number of rotatable bonds is 2. The van der Waals surface area contributed by atoms with E-state index in [9.17, 15) is 0 Å². The molecule has 0 aliphatic carbocycles. The summed E-state index contributed by atoms with van der Waals surface area (Å²) < 4.78 is 1.09. The van der Waals surface area contributed by atoms with E-state index in [0.717, 1.165) is 4.43 Å². The molecule has 0 atom stereocenters. The lowest BCUT2D eigenvalue weighted by atomic mass is 10.2. The molecule has 10 heavy (non-hydrogen) atoms. The van der Waals surface area contributed by atoms with Gasteiger partial charge in [0.1, 0.15) is 0 Å². The average Bonchev–Trinajstić information content (AvgIpc) is 2.34. The van der Waals surface area contributed by atoms with Gasteiger partial charge in [-0.05, 0) is 0 Å². The summed E-state index contributed by atoms with van der Waals surface area (Å²) in [6.07, 6.45) is 1.98. The van der Waals surface area contributed by atoms with E-state index in [-0.39, 0.29) is 0 Å². The van der Waals surface area contributed by atoms with Crippen LogP contribution in [0.15, 0.2) is 6.20 Å². The molecule has 0 N–H and O–H groups in total. The average molecular weight is 267 g/mol. The summed E-state index contributed by atoms with van der Waals surface area (Å²) in [5, 5.41) is 1.26. The Bertz CT molecular complexity index is 207. The van der Waals surface area contributed by atoms with Crippen LogP contribution in [0.5, 0.6) is 0 Å². The molecule has 3 heteroatoms. The first-order chi connectivity index (χ1) is 4.74. The topological polar surface area (TPSA) is 12.9 Å². The van der Waals surface area contributed by atoms with Gasteiger partial charge in [0.15, 0.2) is 0 Å². The zero-order chi connectivity index (χ0) is 7.56. The van der Waals surface area contributed by atoms with Crippen LogP contribution in [-0.4, -0.2) is 4.98 Å². The van der Waals surface area contributed by atoms with E-state index in [0.29, 0.717) is 5.92 Å². The largest absolute Gasteiger partial charge is 0.249 e. The highest BCUT2D eigenvalue weighted by atomic mass is 127. The number of nitrogens with zero attached hydrogens (tertiary/aromatic N) is 1. The summed E-state index contributed by atoms with van der Waals surface area (Å²) >= 11 is 4.18. The highest BCUT2D eigenvalue weighted by Crippen LogP contribution is 2.22. The summed E-state index contributed by atoms with van der Waals surface area (Å²) in [6, 6.07) is 0. The molecule has 1 aromatic heterocycles. The van der Waals surface area contributed by atoms with Crippen molar-refractivity contribution in [1.29, 1.82) is 0 Å². The summed E-state index contributed by atoms with van der Waals surface area (Å²) in [7, 11) is 0. The molecular weight excluding hydrogens is 257 g/mol. The summed E-state index contributed by atoms with van der Waals surface area (Å²) in [5.41, 5.74) is 0. The Labute approximate surface area is 79.0 Å². The quantitative estimate of drug-likeness (QED) is 0.592. The Balaban J connectivity index is 2.78. The van der Waals surface area contributed by atoms with Crippen LogP contribution in [0.2, 0.25) is 0 Å². The predicted octanol–water partition coefficient (Wildman–Crippen LogP) is 3.20. The lowest BCUT2D eigenvalue weighted by Crippen LogP contribution is -1.81. The highest BCUT2D eigenvalue weighted by molar-refractivity contribution is 14.1. The van der Waals surface area contributed by atoms with Crippen molar-refractivity contribution in [3.8, 4) is 0 Å². The maximum atomic E-state index is 4.30. The first-order valence-corrected chi connectivity index (χ1v) is 5.58. The Kier molecular flexibility index (Phi) is 3.10. The van der Waals surface area contributed by atoms with Gasteiger partial charge >= 0.3 is 0 Å². The first-order valence-electron chi connectivity index (χ1n) is 3.24. The van der Waals surface area contributed by atoms with E-state index < -0.39 is 0 Å². The normalized spacial score (nSPS) is 10.8. The molecule has 0 saturated carbocycles. The van der Waals surface area contributed by atoms with Crippen molar-refractivity contribution in [2.75, 3.05) is 0 Å². The van der Waals surface area contributed by atoms with Gasteiger partial charge in [-0.3, -0.25) is 0 Å². The number of hydrogen-bond donors (Lipinski definition) is 0. The van der Waals surface area contributed by atoms with Crippen LogP contribution in [0.3, 0.4) is 0 Å². The maximum absolute atomic E-state index is 4.30. The lowest BCUT2D eigenvalue weighted by Gasteiger charge is -1.94. The van der Waals surface area contributed by atoms with Crippen molar-refractivity contribution in [1.82, 2.24) is 4.98 Å². The van der Waals surface area contributed by atoms with Crippen molar-refractivity contribution in [2.45, 2.75) is 24.2 Å². The Hall–Kier alpha value is 0.360. The highest BCUT2D eigenvalue weighted by Gasteiger charge is 2.03. The van der Waals surface area contributed by atoms with Crippen LogP contribution in [0.1, 0.15) is 29.7 Å². The zero-order valence-electron chi connectivity index (χ0n) is 6.10. The van der Waals surface area contributed by atoms with E-state index >= 15 is 0 Å². The monoisotopic (exact) mass is 267 g/mol.